The number of carbonyl (C=O) groups excluding carboxylic acids is 1. The predicted octanol–water partition coefficient (Wildman–Crippen LogP) is -1.24. The maximum absolute atomic E-state index is 10.8. The molecule has 0 aromatic rings. The lowest BCUT2D eigenvalue weighted by Gasteiger charge is -2.07. The molecule has 0 saturated heterocycles. The Balaban J connectivity index is 3.36. The van der Waals surface area contributed by atoms with Crippen LogP contribution in [0.15, 0.2) is 0 Å². The number of hydrogen-bond acceptors (Lipinski definition) is 3. The van der Waals surface area contributed by atoms with Gasteiger partial charge in [-0.3, -0.25) is 0 Å². The van der Waals surface area contributed by atoms with Gasteiger partial charge < -0.3 is 16.3 Å². The Morgan fingerprint density at radius 3 is 2.64 bits per heavy atom. The van der Waals surface area contributed by atoms with Crippen LogP contribution in [0.25, 0.3) is 0 Å². The summed E-state index contributed by atoms with van der Waals surface area (Å²) < 4.78 is 0. The van der Waals surface area contributed by atoms with Crippen molar-refractivity contribution in [3.8, 4) is 0 Å². The van der Waals surface area contributed by atoms with E-state index < -0.39 is 6.04 Å². The van der Waals surface area contributed by atoms with Crippen molar-refractivity contribution in [2.75, 3.05) is 6.54 Å². The summed E-state index contributed by atoms with van der Waals surface area (Å²) >= 11 is 0. The molecule has 0 aromatic carbocycles. The van der Waals surface area contributed by atoms with E-state index in [2.05, 4.69) is 0 Å². The Morgan fingerprint density at radius 2 is 2.18 bits per heavy atom. The van der Waals surface area contributed by atoms with Crippen LogP contribution >= 0.6 is 0 Å². The number of nitrogens with two attached hydrogens (primary N) is 2. The highest BCUT2D eigenvalue weighted by Gasteiger charge is 2.09. The van der Waals surface area contributed by atoms with E-state index in [0.717, 1.165) is 20.0 Å². The molecule has 0 aliphatic heterocycles. The van der Waals surface area contributed by atoms with Gasteiger partial charge in [0.05, 0.1) is 11.7 Å². The average molecular weight is 151 g/mol. The van der Waals surface area contributed by atoms with Crippen LogP contribution in [0.1, 0.15) is 19.3 Å². The summed E-state index contributed by atoms with van der Waals surface area (Å²) in [6, 6.07) is -0.438. The minimum atomic E-state index is -0.438. The Morgan fingerprint density at radius 1 is 1.55 bits per heavy atom. The quantitative estimate of drug-likeness (QED) is 0.368. The molecule has 0 saturated carbocycles. The van der Waals surface area contributed by atoms with Crippen molar-refractivity contribution in [2.45, 2.75) is 25.3 Å². The third-order valence-electron chi connectivity index (χ3n) is 1.50. The molecule has 4 N–H and O–H groups in total. The zero-order valence-corrected chi connectivity index (χ0v) is 6.62. The Bertz CT molecular complexity index is 121. The largest absolute Gasteiger partial charge is 0.330 e. The SMILES string of the molecule is [B][B]C(=O)[C@@H](N)CCCCN. The highest BCUT2D eigenvalue weighted by molar-refractivity contribution is 7.08. The van der Waals surface area contributed by atoms with Crippen LogP contribution in [0.2, 0.25) is 0 Å². The number of rotatable bonds is 6. The van der Waals surface area contributed by atoms with E-state index in [-0.39, 0.29) is 5.68 Å². The van der Waals surface area contributed by atoms with Crippen molar-refractivity contribution in [1.29, 1.82) is 0 Å². The van der Waals surface area contributed by atoms with Gasteiger partial charge in [0.15, 0.2) is 0 Å². The van der Waals surface area contributed by atoms with Crippen LogP contribution in [0, 0.1) is 0 Å². The Labute approximate surface area is 69.5 Å². The monoisotopic (exact) mass is 151 g/mol. The highest BCUT2D eigenvalue weighted by atomic mass is 16.1. The molecule has 0 amide bonds. The lowest BCUT2D eigenvalue weighted by atomic mass is 9.51. The predicted molar refractivity (Wildman–Crippen MR) is 47.4 cm³/mol. The van der Waals surface area contributed by atoms with E-state index in [1.807, 2.05) is 0 Å². The lowest BCUT2D eigenvalue weighted by Crippen LogP contribution is -2.34. The molecule has 11 heavy (non-hydrogen) atoms. The molecule has 0 aliphatic rings. The molecule has 5 heteroatoms. The van der Waals surface area contributed by atoms with Gasteiger partial charge in [0.1, 0.15) is 7.17 Å². The topological polar surface area (TPSA) is 69.1 Å². The third kappa shape index (κ3) is 5.04. The molecule has 0 aromatic heterocycles. The molecule has 0 spiro atoms. The first kappa shape index (κ1) is 10.7. The molecule has 3 nitrogen and oxygen atoms in total. The molecular weight excluding hydrogens is 138 g/mol. The fourth-order valence-electron chi connectivity index (χ4n) is 0.774. The molecule has 0 unspecified atom stereocenters. The highest BCUT2D eigenvalue weighted by Crippen LogP contribution is 1.97. The van der Waals surface area contributed by atoms with Gasteiger partial charge in [-0.2, -0.15) is 0 Å². The molecule has 0 bridgehead atoms. The summed E-state index contributed by atoms with van der Waals surface area (Å²) in [4.78, 5) is 10.8. The zero-order valence-electron chi connectivity index (χ0n) is 6.62. The molecule has 0 heterocycles. The lowest BCUT2D eigenvalue weighted by molar-refractivity contribution is -0.113. The third-order valence-corrected chi connectivity index (χ3v) is 1.50. The zero-order chi connectivity index (χ0) is 8.69. The molecule has 3 radical (unpaired) electrons. The van der Waals surface area contributed by atoms with Gasteiger partial charge >= 0.3 is 0 Å². The number of unbranched alkanes of at least 4 members (excludes halogenated alkanes) is 1. The summed E-state index contributed by atoms with van der Waals surface area (Å²) in [6.07, 6.45) is 2.46. The van der Waals surface area contributed by atoms with Crippen LogP contribution < -0.4 is 11.5 Å². The summed E-state index contributed by atoms with van der Waals surface area (Å²) in [7, 11) is 6.02. The molecule has 1 atom stereocenters. The summed E-state index contributed by atoms with van der Waals surface area (Å²) in [6.45, 7) is 0.646. The Hall–Kier alpha value is -0.280. The van der Waals surface area contributed by atoms with Gasteiger partial charge in [-0.15, -0.1) is 0 Å². The van der Waals surface area contributed by atoms with Gasteiger partial charge in [0, 0.05) is 7.74 Å². The van der Waals surface area contributed by atoms with Crippen LogP contribution in [-0.4, -0.2) is 33.2 Å². The van der Waals surface area contributed by atoms with Gasteiger partial charge in [-0.05, 0) is 19.4 Å². The first-order chi connectivity index (χ1) is 5.22. The maximum atomic E-state index is 10.8. The fourth-order valence-corrected chi connectivity index (χ4v) is 0.774. The summed E-state index contributed by atoms with van der Waals surface area (Å²) in [5.41, 5.74) is 10.5. The van der Waals surface area contributed by atoms with Crippen LogP contribution in [0.3, 0.4) is 0 Å². The van der Waals surface area contributed by atoms with Gasteiger partial charge in [-0.25, -0.2) is 0 Å². The van der Waals surface area contributed by atoms with Crippen molar-refractivity contribution in [3.63, 3.8) is 0 Å². The van der Waals surface area contributed by atoms with Crippen LogP contribution in [0.4, 0.5) is 0 Å². The van der Waals surface area contributed by atoms with E-state index in [4.69, 9.17) is 19.2 Å². The van der Waals surface area contributed by atoms with E-state index in [9.17, 15) is 4.79 Å². The minimum absolute atomic E-state index is 0.193. The van der Waals surface area contributed by atoms with Crippen molar-refractivity contribution < 1.29 is 4.79 Å². The smallest absolute Gasteiger partial charge is 0.148 e. The molecule has 0 fully saturated rings. The van der Waals surface area contributed by atoms with E-state index in [1.54, 1.807) is 0 Å². The van der Waals surface area contributed by atoms with Crippen molar-refractivity contribution >= 4 is 20.6 Å². The second-order valence-corrected chi connectivity index (χ2v) is 2.46. The van der Waals surface area contributed by atoms with Gasteiger partial charge in [-0.1, -0.05) is 6.42 Å². The van der Waals surface area contributed by atoms with Crippen molar-refractivity contribution in [3.05, 3.63) is 0 Å². The minimum Gasteiger partial charge on any atom is -0.330 e. The normalized spacial score (nSPS) is 12.5. The van der Waals surface area contributed by atoms with E-state index >= 15 is 0 Å². The number of carbonyl (C=O) groups is 1. The first-order valence-corrected chi connectivity index (χ1v) is 3.76. The second-order valence-electron chi connectivity index (χ2n) is 2.46. The van der Waals surface area contributed by atoms with Crippen molar-refractivity contribution in [1.82, 2.24) is 0 Å². The fraction of sp³-hybridized carbons (Fsp3) is 0.833. The number of hydrogen-bond donors (Lipinski definition) is 2. The van der Waals surface area contributed by atoms with Gasteiger partial charge in [0.25, 0.3) is 0 Å². The van der Waals surface area contributed by atoms with Crippen molar-refractivity contribution in [2.24, 2.45) is 11.5 Å². The van der Waals surface area contributed by atoms with Crippen LogP contribution in [0.5, 0.6) is 0 Å². The molecular formula is C6H13B2N2O. The summed E-state index contributed by atoms with van der Waals surface area (Å²) in [5, 5.41) is 0. The van der Waals surface area contributed by atoms with E-state index in [1.165, 1.54) is 0 Å². The van der Waals surface area contributed by atoms with Crippen LogP contribution in [-0.2, 0) is 4.79 Å². The second kappa shape index (κ2) is 6.43. The first-order valence-electron chi connectivity index (χ1n) is 3.76. The van der Waals surface area contributed by atoms with E-state index in [0.29, 0.717) is 13.0 Å². The molecule has 0 rings (SSSR count). The summed E-state index contributed by atoms with van der Waals surface area (Å²) in [5.74, 6) is 0. The average Bonchev–Trinajstić information content (AvgIpc) is 2.03. The molecule has 0 aliphatic carbocycles. The maximum Gasteiger partial charge on any atom is 0.148 e. The Kier molecular flexibility index (Phi) is 6.27. The van der Waals surface area contributed by atoms with Gasteiger partial charge in [0.2, 0.25) is 0 Å². The molecule has 59 valence electrons. The standard InChI is InChI=1S/C6H13B2N2O/c7-8-6(11)5(10)3-1-2-4-9/h5H,1-4,9-10H2/t5-/m0/s1.